The lowest BCUT2D eigenvalue weighted by Crippen LogP contribution is -2.40. The first-order chi connectivity index (χ1) is 16.3. The summed E-state index contributed by atoms with van der Waals surface area (Å²) in [7, 11) is -0.940. The summed E-state index contributed by atoms with van der Waals surface area (Å²) in [5, 5.41) is 0. The van der Waals surface area contributed by atoms with Crippen molar-refractivity contribution in [1.82, 2.24) is 8.87 Å². The molecule has 0 radical (unpaired) electrons. The van der Waals surface area contributed by atoms with Crippen LogP contribution in [0.25, 0.3) is 10.2 Å². The van der Waals surface area contributed by atoms with E-state index in [1.165, 1.54) is 37.7 Å². The van der Waals surface area contributed by atoms with Gasteiger partial charge in [0.05, 0.1) is 25.7 Å². The molecule has 1 unspecified atom stereocenters. The van der Waals surface area contributed by atoms with Gasteiger partial charge in [0.25, 0.3) is 5.91 Å². The third-order valence-electron chi connectivity index (χ3n) is 5.56. The van der Waals surface area contributed by atoms with Crippen molar-refractivity contribution in [1.29, 1.82) is 0 Å². The maximum absolute atomic E-state index is 13.3. The molecule has 0 N–H and O–H groups in total. The van der Waals surface area contributed by atoms with Gasteiger partial charge < -0.3 is 14.0 Å². The number of carbonyl (C=O) groups excluding carboxylic acids is 1. The second-order valence-electron chi connectivity index (χ2n) is 7.50. The van der Waals surface area contributed by atoms with E-state index in [4.69, 9.17) is 15.9 Å². The van der Waals surface area contributed by atoms with Gasteiger partial charge in [-0.3, -0.25) is 4.79 Å². The van der Waals surface area contributed by atoms with Crippen molar-refractivity contribution in [2.45, 2.75) is 30.3 Å². The fourth-order valence-electron chi connectivity index (χ4n) is 3.96. The molecule has 0 spiro atoms. The minimum Gasteiger partial charge on any atom is -0.495 e. The lowest BCUT2D eigenvalue weighted by Gasteiger charge is -2.21. The maximum Gasteiger partial charge on any atom is 0.266 e. The Kier molecular flexibility index (Phi) is 6.74. The van der Waals surface area contributed by atoms with E-state index in [2.05, 4.69) is 10.9 Å². The number of hydrogen-bond acceptors (Lipinski definition) is 6. The number of hydrogen-bond donors (Lipinski definition) is 0. The molecule has 1 amide bonds. The normalized spacial score (nSPS) is 17.1. The van der Waals surface area contributed by atoms with Crippen LogP contribution in [0.1, 0.15) is 12.8 Å². The Hall–Kier alpha value is -3.20. The molecule has 0 saturated carbocycles. The molecule has 2 aromatic carbocycles. The summed E-state index contributed by atoms with van der Waals surface area (Å²) in [5.41, 5.74) is 0.638. The smallest absolute Gasteiger partial charge is 0.266 e. The van der Waals surface area contributed by atoms with E-state index in [0.717, 1.165) is 16.4 Å². The van der Waals surface area contributed by atoms with Crippen LogP contribution in [0.3, 0.4) is 0 Å². The zero-order valence-corrected chi connectivity index (χ0v) is 20.2. The summed E-state index contributed by atoms with van der Waals surface area (Å²) >= 11 is 1.20. The number of terminal acetylenes is 1. The average molecular weight is 504 g/mol. The van der Waals surface area contributed by atoms with Gasteiger partial charge in [-0.25, -0.2) is 12.8 Å². The third kappa shape index (κ3) is 4.20. The van der Waals surface area contributed by atoms with E-state index in [-0.39, 0.29) is 18.0 Å². The van der Waals surface area contributed by atoms with Crippen LogP contribution in [-0.2, 0) is 21.4 Å². The number of halogens is 1. The largest absolute Gasteiger partial charge is 0.495 e. The van der Waals surface area contributed by atoms with Crippen LogP contribution >= 0.6 is 11.3 Å². The molecule has 1 aliphatic heterocycles. The van der Waals surface area contributed by atoms with Gasteiger partial charge in [0.2, 0.25) is 10.0 Å². The molecular weight excluding hydrogens is 481 g/mol. The molecule has 0 bridgehead atoms. The Labute approximate surface area is 200 Å². The van der Waals surface area contributed by atoms with Crippen molar-refractivity contribution in [3.05, 3.63) is 47.0 Å². The van der Waals surface area contributed by atoms with E-state index >= 15 is 0 Å². The number of rotatable bonds is 6. The molecule has 1 saturated heterocycles. The topological polar surface area (TPSA) is 90.2 Å². The van der Waals surface area contributed by atoms with Crippen molar-refractivity contribution >= 4 is 37.5 Å². The number of aromatic nitrogens is 1. The highest BCUT2D eigenvalue weighted by molar-refractivity contribution is 7.89. The fraction of sp³-hybridized carbons (Fsp3) is 0.304. The van der Waals surface area contributed by atoms with E-state index < -0.39 is 27.8 Å². The molecule has 1 aromatic heterocycles. The Bertz CT molecular complexity index is 1450. The molecule has 1 aliphatic rings. The van der Waals surface area contributed by atoms with Crippen LogP contribution in [0, 0.1) is 18.2 Å². The van der Waals surface area contributed by atoms with E-state index in [0.29, 0.717) is 39.4 Å². The number of thiazole rings is 1. The summed E-state index contributed by atoms with van der Waals surface area (Å²) in [4.78, 5) is 17.8. The van der Waals surface area contributed by atoms with Crippen molar-refractivity contribution < 1.29 is 27.1 Å². The fourth-order valence-corrected chi connectivity index (χ4v) is 6.76. The number of carbonyl (C=O) groups is 1. The molecule has 2 heterocycles. The number of fused-ring (bicyclic) bond motifs is 1. The molecule has 8 nitrogen and oxygen atoms in total. The SMILES string of the molecule is C#CCn1c(=NC(=O)C2CCCN2S(=O)(=O)c2ccc(F)cc2)sc2c(OC)ccc(OC)c21. The summed E-state index contributed by atoms with van der Waals surface area (Å²) in [5.74, 6) is 2.53. The van der Waals surface area contributed by atoms with Gasteiger partial charge in [-0.15, -0.1) is 6.42 Å². The summed E-state index contributed by atoms with van der Waals surface area (Å²) < 4.78 is 54.0. The molecule has 1 fully saturated rings. The van der Waals surface area contributed by atoms with Crippen molar-refractivity contribution in [3.63, 3.8) is 0 Å². The highest BCUT2D eigenvalue weighted by atomic mass is 32.2. The zero-order valence-electron chi connectivity index (χ0n) is 18.5. The summed E-state index contributed by atoms with van der Waals surface area (Å²) in [6.07, 6.45) is 6.40. The van der Waals surface area contributed by atoms with Crippen molar-refractivity contribution in [3.8, 4) is 23.8 Å². The second-order valence-corrected chi connectivity index (χ2v) is 10.4. The molecule has 1 atom stereocenters. The summed E-state index contributed by atoms with van der Waals surface area (Å²) in [6, 6.07) is 7.04. The van der Waals surface area contributed by atoms with Gasteiger partial charge >= 0.3 is 0 Å². The number of methoxy groups -OCH3 is 2. The second kappa shape index (κ2) is 9.58. The first-order valence-electron chi connectivity index (χ1n) is 10.4. The lowest BCUT2D eigenvalue weighted by atomic mass is 10.2. The Morgan fingerprint density at radius 1 is 1.21 bits per heavy atom. The maximum atomic E-state index is 13.3. The van der Waals surface area contributed by atoms with Gasteiger partial charge in [-0.05, 0) is 49.2 Å². The predicted octanol–water partition coefficient (Wildman–Crippen LogP) is 2.77. The molecule has 11 heteroatoms. The Balaban J connectivity index is 1.79. The standard InChI is InChI=1S/C23H22FN3O5S2/c1-4-13-26-20-18(31-2)11-12-19(32-3)21(20)33-23(26)25-22(28)17-6-5-14-27(17)34(29,30)16-9-7-15(24)8-10-16/h1,7-12,17H,5-6,13-14H2,2-3H3. The van der Waals surface area contributed by atoms with Crippen LogP contribution in [-0.4, -0.2) is 50.0 Å². The monoisotopic (exact) mass is 503 g/mol. The van der Waals surface area contributed by atoms with Crippen LogP contribution in [0.4, 0.5) is 4.39 Å². The highest BCUT2D eigenvalue weighted by Crippen LogP contribution is 2.35. The molecule has 34 heavy (non-hydrogen) atoms. The first-order valence-corrected chi connectivity index (χ1v) is 12.6. The third-order valence-corrected chi connectivity index (χ3v) is 8.57. The Morgan fingerprint density at radius 2 is 1.88 bits per heavy atom. The van der Waals surface area contributed by atoms with Crippen LogP contribution < -0.4 is 14.3 Å². The lowest BCUT2D eigenvalue weighted by molar-refractivity contribution is -0.121. The van der Waals surface area contributed by atoms with Gasteiger partial charge in [0.1, 0.15) is 33.6 Å². The first kappa shape index (κ1) is 23.9. The number of benzene rings is 2. The average Bonchev–Trinajstić information content (AvgIpc) is 3.45. The molecule has 178 valence electrons. The van der Waals surface area contributed by atoms with Gasteiger partial charge in [0, 0.05) is 6.54 Å². The van der Waals surface area contributed by atoms with Crippen molar-refractivity contribution in [2.24, 2.45) is 4.99 Å². The minimum atomic E-state index is -4.00. The quantitative estimate of drug-likeness (QED) is 0.483. The number of nitrogens with zero attached hydrogens (tertiary/aromatic N) is 3. The minimum absolute atomic E-state index is 0.0765. The highest BCUT2D eigenvalue weighted by Gasteiger charge is 2.39. The van der Waals surface area contributed by atoms with Gasteiger partial charge in [-0.2, -0.15) is 9.30 Å². The molecule has 3 aromatic rings. The number of sulfonamides is 1. The van der Waals surface area contributed by atoms with E-state index in [9.17, 15) is 17.6 Å². The van der Waals surface area contributed by atoms with Crippen LogP contribution in [0.5, 0.6) is 11.5 Å². The van der Waals surface area contributed by atoms with Gasteiger partial charge in [0.15, 0.2) is 4.80 Å². The number of ether oxygens (including phenoxy) is 2. The van der Waals surface area contributed by atoms with Crippen LogP contribution in [0.2, 0.25) is 0 Å². The van der Waals surface area contributed by atoms with Crippen molar-refractivity contribution in [2.75, 3.05) is 20.8 Å². The summed E-state index contributed by atoms with van der Waals surface area (Å²) in [6.45, 7) is 0.294. The molecule has 0 aliphatic carbocycles. The molecular formula is C23H22FN3O5S2. The Morgan fingerprint density at radius 3 is 2.53 bits per heavy atom. The van der Waals surface area contributed by atoms with Crippen LogP contribution in [0.15, 0.2) is 46.3 Å². The zero-order chi connectivity index (χ0) is 24.5. The number of amides is 1. The molecule has 4 rings (SSSR count). The predicted molar refractivity (Wildman–Crippen MR) is 126 cm³/mol. The van der Waals surface area contributed by atoms with Gasteiger partial charge in [-0.1, -0.05) is 17.3 Å². The van der Waals surface area contributed by atoms with E-state index in [1.807, 2.05) is 0 Å². The van der Waals surface area contributed by atoms with E-state index in [1.54, 1.807) is 16.7 Å².